The van der Waals surface area contributed by atoms with E-state index >= 15 is 0 Å². The molecule has 2 heterocycles. The smallest absolute Gasteiger partial charge is 0.0994 e. The number of hydrogen-bond donors (Lipinski definition) is 0. The first kappa shape index (κ1) is 32.0. The maximum Gasteiger partial charge on any atom is 0.0994 e. The Morgan fingerprint density at radius 1 is 0.760 bits per heavy atom. The molecule has 5 aromatic carbocycles. The van der Waals surface area contributed by atoms with Gasteiger partial charge in [-0.15, -0.1) is 0 Å². The Morgan fingerprint density at radius 2 is 1.38 bits per heavy atom. The molecule has 0 spiro atoms. The summed E-state index contributed by atoms with van der Waals surface area (Å²) in [7, 11) is 0. The fourth-order valence-corrected chi connectivity index (χ4v) is 7.12. The van der Waals surface area contributed by atoms with Gasteiger partial charge >= 0.3 is 0 Å². The number of nitriles is 2. The lowest BCUT2D eigenvalue weighted by atomic mass is 9.89. The molecule has 7 aromatic rings. The Hall–Kier alpha value is -6.62. The van der Waals surface area contributed by atoms with Crippen LogP contribution in [0, 0.1) is 29.6 Å². The number of hydrogen-bond acceptors (Lipinski definition) is 2. The molecular formula is C46H36N4. The third-order valence-electron chi connectivity index (χ3n) is 9.44. The number of allylic oxidation sites excluding steroid dienone is 6. The van der Waals surface area contributed by atoms with Gasteiger partial charge in [-0.05, 0) is 79.4 Å². The third kappa shape index (κ3) is 5.34. The van der Waals surface area contributed by atoms with Crippen LogP contribution in [0.25, 0.3) is 66.9 Å². The second-order valence-electron chi connectivity index (χ2n) is 12.3. The Bertz CT molecular complexity index is 2590. The minimum atomic E-state index is 0.545. The van der Waals surface area contributed by atoms with E-state index < -0.39 is 0 Å². The Balaban J connectivity index is 1.50. The molecular weight excluding hydrogens is 609 g/mol. The summed E-state index contributed by atoms with van der Waals surface area (Å²) in [5, 5.41) is 24.0. The molecule has 0 saturated heterocycles. The molecule has 2 aromatic heterocycles. The maximum atomic E-state index is 10.5. The van der Waals surface area contributed by atoms with Crippen LogP contribution in [-0.4, -0.2) is 9.13 Å². The van der Waals surface area contributed by atoms with Crippen molar-refractivity contribution in [3.8, 4) is 29.0 Å². The summed E-state index contributed by atoms with van der Waals surface area (Å²) >= 11 is 0. The lowest BCUT2D eigenvalue weighted by Crippen LogP contribution is -2.03. The summed E-state index contributed by atoms with van der Waals surface area (Å²) in [5.74, 6) is 0. The number of rotatable bonds is 8. The van der Waals surface area contributed by atoms with Crippen LogP contribution in [0.5, 0.6) is 0 Å². The molecule has 0 atom stereocenters. The normalized spacial score (nSPS) is 12.2. The highest BCUT2D eigenvalue weighted by atomic mass is 15.0. The quantitative estimate of drug-likeness (QED) is 0.122. The van der Waals surface area contributed by atoms with Crippen molar-refractivity contribution in [1.82, 2.24) is 9.13 Å². The van der Waals surface area contributed by atoms with Crippen molar-refractivity contribution in [1.29, 1.82) is 10.5 Å². The first-order valence-corrected chi connectivity index (χ1v) is 16.9. The fraction of sp³-hybridized carbons (Fsp3) is 0.0870. The van der Waals surface area contributed by atoms with Crippen molar-refractivity contribution >= 4 is 50.1 Å². The van der Waals surface area contributed by atoms with Crippen LogP contribution in [-0.2, 0) is 0 Å². The Labute approximate surface area is 293 Å². The van der Waals surface area contributed by atoms with Gasteiger partial charge in [0.25, 0.3) is 0 Å². The molecule has 4 nitrogen and oxygen atoms in total. The zero-order valence-electron chi connectivity index (χ0n) is 28.5. The Morgan fingerprint density at radius 3 is 2.02 bits per heavy atom. The van der Waals surface area contributed by atoms with E-state index in [-0.39, 0.29) is 0 Å². The number of aryl methyl sites for hydroxylation is 1. The molecule has 4 heteroatoms. The minimum absolute atomic E-state index is 0.545. The lowest BCUT2D eigenvalue weighted by molar-refractivity contribution is 1.09. The minimum Gasteiger partial charge on any atom is -0.310 e. The number of aromatic nitrogens is 2. The summed E-state index contributed by atoms with van der Waals surface area (Å²) in [6.07, 6.45) is 9.14. The predicted molar refractivity (Wildman–Crippen MR) is 210 cm³/mol. The molecule has 0 radical (unpaired) electrons. The van der Waals surface area contributed by atoms with Gasteiger partial charge in [0.2, 0.25) is 0 Å². The second-order valence-corrected chi connectivity index (χ2v) is 12.3. The average molecular weight is 645 g/mol. The van der Waals surface area contributed by atoms with Crippen molar-refractivity contribution in [3.63, 3.8) is 0 Å². The number of fused-ring (bicyclic) bond motifs is 4. The fourth-order valence-electron chi connectivity index (χ4n) is 7.12. The van der Waals surface area contributed by atoms with E-state index in [0.717, 1.165) is 78.5 Å². The van der Waals surface area contributed by atoms with E-state index in [1.54, 1.807) is 0 Å². The monoisotopic (exact) mass is 644 g/mol. The highest BCUT2D eigenvalue weighted by Gasteiger charge is 2.21. The van der Waals surface area contributed by atoms with Crippen molar-refractivity contribution in [3.05, 3.63) is 168 Å². The van der Waals surface area contributed by atoms with E-state index in [0.29, 0.717) is 11.1 Å². The van der Waals surface area contributed by atoms with Gasteiger partial charge in [-0.2, -0.15) is 10.5 Å². The second kappa shape index (κ2) is 13.5. The van der Waals surface area contributed by atoms with Gasteiger partial charge in [0, 0.05) is 38.7 Å². The lowest BCUT2D eigenvalue weighted by Gasteiger charge is -2.19. The molecule has 0 bridgehead atoms. The van der Waals surface area contributed by atoms with Crippen LogP contribution in [0.2, 0.25) is 0 Å². The highest BCUT2D eigenvalue weighted by Crippen LogP contribution is 2.41. The summed E-state index contributed by atoms with van der Waals surface area (Å²) in [6, 6.07) is 44.0. The van der Waals surface area contributed by atoms with Crippen LogP contribution in [0.15, 0.2) is 146 Å². The van der Waals surface area contributed by atoms with Gasteiger partial charge in [0.1, 0.15) is 0 Å². The van der Waals surface area contributed by atoms with Crippen LogP contribution in [0.4, 0.5) is 0 Å². The molecule has 7 rings (SSSR count). The van der Waals surface area contributed by atoms with Crippen molar-refractivity contribution in [2.45, 2.75) is 27.2 Å². The summed E-state index contributed by atoms with van der Waals surface area (Å²) in [4.78, 5) is 0. The van der Waals surface area contributed by atoms with Crippen LogP contribution >= 0.6 is 0 Å². The van der Waals surface area contributed by atoms with E-state index in [4.69, 9.17) is 0 Å². The van der Waals surface area contributed by atoms with E-state index in [9.17, 15) is 10.5 Å². The number of benzene rings is 5. The molecule has 0 aliphatic rings. The summed E-state index contributed by atoms with van der Waals surface area (Å²) in [5.41, 5.74) is 11.8. The molecule has 0 N–H and O–H groups in total. The topological polar surface area (TPSA) is 57.4 Å². The van der Waals surface area contributed by atoms with Gasteiger partial charge in [-0.25, -0.2) is 0 Å². The van der Waals surface area contributed by atoms with Crippen LogP contribution in [0.1, 0.15) is 42.7 Å². The van der Waals surface area contributed by atoms with Gasteiger partial charge < -0.3 is 9.13 Å². The summed E-state index contributed by atoms with van der Waals surface area (Å²) in [6.45, 7) is 10.8. The van der Waals surface area contributed by atoms with Crippen LogP contribution < -0.4 is 0 Å². The molecule has 0 unspecified atom stereocenters. The van der Waals surface area contributed by atoms with Gasteiger partial charge in [0.05, 0.1) is 45.5 Å². The van der Waals surface area contributed by atoms with Gasteiger partial charge in [0.15, 0.2) is 0 Å². The first-order valence-electron chi connectivity index (χ1n) is 16.9. The molecule has 50 heavy (non-hydrogen) atoms. The van der Waals surface area contributed by atoms with E-state index in [1.165, 1.54) is 5.56 Å². The molecule has 0 amide bonds. The van der Waals surface area contributed by atoms with Gasteiger partial charge in [-0.3, -0.25) is 0 Å². The highest BCUT2D eigenvalue weighted by molar-refractivity contribution is 6.11. The zero-order chi connectivity index (χ0) is 34.8. The van der Waals surface area contributed by atoms with Crippen molar-refractivity contribution < 1.29 is 0 Å². The maximum absolute atomic E-state index is 10.5. The standard InChI is InChI=1S/C46H36N4/c1-5-7-21-42-32(4)35-16-10-13-22-43(35)50(42)46-28-33(29-47)25-26-40(46)36-17-8-9-18-37(36)41(34(6-2)30-48)27-31(3)49-44-23-14-11-19-38(44)39-20-12-15-24-45(39)49/h6-28H,3,5H2,1-2,4H3/b21-7-,34-6-,41-27+. The Kier molecular flexibility index (Phi) is 8.61. The molecule has 0 saturated carbocycles. The van der Waals surface area contributed by atoms with Gasteiger partial charge in [-0.1, -0.05) is 111 Å². The largest absolute Gasteiger partial charge is 0.310 e. The molecule has 0 aliphatic heterocycles. The SMILES string of the molecule is C=C(/C=C(\C(C#N)=C/C)c1ccccc1-c1ccc(C#N)cc1-n1c(/C=C\CC)c(C)c2ccccc21)n1c2ccccc2c2ccccc21. The number of para-hydroxylation sites is 3. The van der Waals surface area contributed by atoms with Crippen molar-refractivity contribution in [2.24, 2.45) is 0 Å². The van der Waals surface area contributed by atoms with Crippen molar-refractivity contribution in [2.75, 3.05) is 0 Å². The predicted octanol–water partition coefficient (Wildman–Crippen LogP) is 12.0. The van der Waals surface area contributed by atoms with Crippen LogP contribution in [0.3, 0.4) is 0 Å². The number of nitrogens with zero attached hydrogens (tertiary/aromatic N) is 4. The zero-order valence-corrected chi connectivity index (χ0v) is 28.5. The molecule has 240 valence electrons. The average Bonchev–Trinajstić information content (AvgIpc) is 3.65. The molecule has 0 aliphatic carbocycles. The first-order chi connectivity index (χ1) is 24.5. The van der Waals surface area contributed by atoms with E-state index in [1.807, 2.05) is 61.5 Å². The van der Waals surface area contributed by atoms with E-state index in [2.05, 4.69) is 127 Å². The summed E-state index contributed by atoms with van der Waals surface area (Å²) < 4.78 is 4.44. The molecule has 0 fully saturated rings. The third-order valence-corrected chi connectivity index (χ3v) is 9.44.